The van der Waals surface area contributed by atoms with Gasteiger partial charge in [-0.15, -0.1) is 12.4 Å². The van der Waals surface area contributed by atoms with E-state index in [0.717, 1.165) is 30.7 Å². The molecule has 0 aromatic heterocycles. The summed E-state index contributed by atoms with van der Waals surface area (Å²) in [6, 6.07) is -0.0459. The van der Waals surface area contributed by atoms with Gasteiger partial charge in [-0.2, -0.15) is 0 Å². The number of nitrogens with two attached hydrogens (primary N) is 1. The Hall–Kier alpha value is -0.320. The van der Waals surface area contributed by atoms with Gasteiger partial charge in [0.1, 0.15) is 6.04 Å². The second kappa shape index (κ2) is 7.30. The predicted octanol–water partition coefficient (Wildman–Crippen LogP) is 2.20. The third-order valence-electron chi connectivity index (χ3n) is 5.78. The summed E-state index contributed by atoms with van der Waals surface area (Å²) >= 11 is 0. The van der Waals surface area contributed by atoms with Gasteiger partial charge in [-0.25, -0.2) is 0 Å². The van der Waals surface area contributed by atoms with Crippen LogP contribution in [0.4, 0.5) is 0 Å². The molecule has 5 atom stereocenters. The topological polar surface area (TPSA) is 55.6 Å². The molecule has 2 N–H and O–H groups in total. The molecule has 0 radical (unpaired) electrons. The summed E-state index contributed by atoms with van der Waals surface area (Å²) in [5.41, 5.74) is 5.92. The van der Waals surface area contributed by atoms with Crippen LogP contribution < -0.4 is 5.73 Å². The first-order valence-corrected chi connectivity index (χ1v) is 8.24. The van der Waals surface area contributed by atoms with Crippen LogP contribution in [0, 0.1) is 17.8 Å². The van der Waals surface area contributed by atoms with Crippen LogP contribution in [0.15, 0.2) is 0 Å². The highest BCUT2D eigenvalue weighted by Crippen LogP contribution is 2.50. The Kier molecular flexibility index (Phi) is 5.92. The van der Waals surface area contributed by atoms with Gasteiger partial charge in [0.05, 0.1) is 6.61 Å². The molecule has 3 fully saturated rings. The summed E-state index contributed by atoms with van der Waals surface area (Å²) in [5, 5.41) is 0. The third-order valence-corrected chi connectivity index (χ3v) is 5.78. The molecule has 3 rings (SSSR count). The largest absolute Gasteiger partial charge is 0.383 e. The monoisotopic (exact) mass is 316 g/mol. The summed E-state index contributed by atoms with van der Waals surface area (Å²) < 4.78 is 5.02. The molecule has 3 aliphatic rings. The molecule has 0 spiro atoms. The second-order valence-electron chi connectivity index (χ2n) is 7.06. The fourth-order valence-corrected chi connectivity index (χ4v) is 4.85. The van der Waals surface area contributed by atoms with Crippen LogP contribution in [0.3, 0.4) is 0 Å². The predicted molar refractivity (Wildman–Crippen MR) is 85.4 cm³/mol. The van der Waals surface area contributed by atoms with Crippen molar-refractivity contribution < 1.29 is 9.53 Å². The van der Waals surface area contributed by atoms with E-state index >= 15 is 0 Å². The van der Waals surface area contributed by atoms with E-state index in [0.29, 0.717) is 12.6 Å². The van der Waals surface area contributed by atoms with E-state index in [4.69, 9.17) is 10.5 Å². The number of carbonyl (C=O) groups is 1. The Morgan fingerprint density at radius 3 is 2.76 bits per heavy atom. The lowest BCUT2D eigenvalue weighted by Crippen LogP contribution is -2.48. The number of halogens is 1. The Bertz CT molecular complexity index is 366. The van der Waals surface area contributed by atoms with Crippen molar-refractivity contribution in [2.45, 2.75) is 57.0 Å². The lowest BCUT2D eigenvalue weighted by molar-refractivity contribution is -0.134. The number of nitrogens with zero attached hydrogens (tertiary/aromatic N) is 1. The van der Waals surface area contributed by atoms with E-state index in [2.05, 4.69) is 4.90 Å². The molecular weight excluding hydrogens is 288 g/mol. The number of likely N-dealkylation sites (tertiary alicyclic amines) is 1. The van der Waals surface area contributed by atoms with Gasteiger partial charge >= 0.3 is 0 Å². The molecule has 1 saturated heterocycles. The Morgan fingerprint density at radius 1 is 1.33 bits per heavy atom. The first-order valence-electron chi connectivity index (χ1n) is 8.24. The molecule has 2 aliphatic carbocycles. The number of rotatable bonds is 5. The van der Waals surface area contributed by atoms with Crippen LogP contribution in [0.25, 0.3) is 0 Å². The molecule has 0 aromatic rings. The van der Waals surface area contributed by atoms with Crippen molar-refractivity contribution in [2.75, 3.05) is 20.3 Å². The van der Waals surface area contributed by atoms with Crippen molar-refractivity contribution in [3.63, 3.8) is 0 Å². The van der Waals surface area contributed by atoms with Crippen LogP contribution in [-0.2, 0) is 9.53 Å². The first kappa shape index (κ1) is 17.0. The molecule has 0 aromatic carbocycles. The molecule has 1 amide bonds. The maximum atomic E-state index is 12.4. The van der Waals surface area contributed by atoms with Crippen LogP contribution in [0.1, 0.15) is 44.9 Å². The highest BCUT2D eigenvalue weighted by Gasteiger charge is 2.42. The maximum Gasteiger partial charge on any atom is 0.242 e. The summed E-state index contributed by atoms with van der Waals surface area (Å²) in [7, 11) is 1.60. The highest BCUT2D eigenvalue weighted by atomic mass is 35.5. The van der Waals surface area contributed by atoms with E-state index in [-0.39, 0.29) is 18.3 Å². The fourth-order valence-electron chi connectivity index (χ4n) is 4.85. The number of hydrogen-bond acceptors (Lipinski definition) is 3. The maximum absolute atomic E-state index is 12.4. The van der Waals surface area contributed by atoms with Crippen LogP contribution in [0.5, 0.6) is 0 Å². The van der Waals surface area contributed by atoms with Gasteiger partial charge in [0, 0.05) is 19.7 Å². The van der Waals surface area contributed by atoms with E-state index in [1.54, 1.807) is 7.11 Å². The van der Waals surface area contributed by atoms with Crippen molar-refractivity contribution >= 4 is 18.3 Å². The van der Waals surface area contributed by atoms with Crippen molar-refractivity contribution in [1.82, 2.24) is 4.90 Å². The minimum absolute atomic E-state index is 0. The number of ether oxygens (including phenoxy) is 1. The van der Waals surface area contributed by atoms with Crippen LogP contribution in [-0.4, -0.2) is 43.2 Å². The summed E-state index contributed by atoms with van der Waals surface area (Å²) in [5.74, 6) is 2.90. The van der Waals surface area contributed by atoms with E-state index in [9.17, 15) is 4.79 Å². The second-order valence-corrected chi connectivity index (χ2v) is 7.06. The smallest absolute Gasteiger partial charge is 0.242 e. The SMILES string of the molecule is COCC(N)C(=O)N1CCCC1CC1CC2CCC1C2.Cl. The van der Waals surface area contributed by atoms with Gasteiger partial charge < -0.3 is 15.4 Å². The van der Waals surface area contributed by atoms with Gasteiger partial charge in [-0.3, -0.25) is 4.79 Å². The molecule has 2 bridgehead atoms. The Balaban J connectivity index is 0.00000161. The van der Waals surface area contributed by atoms with Crippen LogP contribution >= 0.6 is 12.4 Å². The molecule has 4 nitrogen and oxygen atoms in total. The zero-order valence-electron chi connectivity index (χ0n) is 13.0. The Morgan fingerprint density at radius 2 is 2.14 bits per heavy atom. The lowest BCUT2D eigenvalue weighted by atomic mass is 9.83. The molecule has 21 heavy (non-hydrogen) atoms. The highest BCUT2D eigenvalue weighted by molar-refractivity contribution is 5.85. The molecule has 1 heterocycles. The van der Waals surface area contributed by atoms with Gasteiger partial charge in [0.25, 0.3) is 0 Å². The molecule has 5 unspecified atom stereocenters. The molecule has 5 heteroatoms. The van der Waals surface area contributed by atoms with Crippen molar-refractivity contribution in [3.05, 3.63) is 0 Å². The molecule has 1 aliphatic heterocycles. The van der Waals surface area contributed by atoms with Gasteiger partial charge in [0.2, 0.25) is 5.91 Å². The van der Waals surface area contributed by atoms with Gasteiger partial charge in [0.15, 0.2) is 0 Å². The summed E-state index contributed by atoms with van der Waals surface area (Å²) in [4.78, 5) is 14.5. The number of hydrogen-bond donors (Lipinski definition) is 1. The molecule has 122 valence electrons. The number of fused-ring (bicyclic) bond motifs is 2. The minimum atomic E-state index is -0.486. The number of amides is 1. The van der Waals surface area contributed by atoms with Crippen LogP contribution in [0.2, 0.25) is 0 Å². The van der Waals surface area contributed by atoms with Crippen molar-refractivity contribution in [3.8, 4) is 0 Å². The van der Waals surface area contributed by atoms with Crippen molar-refractivity contribution in [1.29, 1.82) is 0 Å². The standard InChI is InChI=1S/C16H28N2O2.ClH/c1-20-10-15(17)16(19)18-6-2-3-14(18)9-13-8-11-4-5-12(13)7-11;/h11-15H,2-10,17H2,1H3;1H. The van der Waals surface area contributed by atoms with Gasteiger partial charge in [-0.1, -0.05) is 6.42 Å². The minimum Gasteiger partial charge on any atom is -0.383 e. The summed E-state index contributed by atoms with van der Waals surface area (Å²) in [6.45, 7) is 1.22. The molecule has 2 saturated carbocycles. The number of methoxy groups -OCH3 is 1. The quantitative estimate of drug-likeness (QED) is 0.846. The normalized spacial score (nSPS) is 35.8. The fraction of sp³-hybridized carbons (Fsp3) is 0.938. The zero-order chi connectivity index (χ0) is 14.1. The van der Waals surface area contributed by atoms with Crippen molar-refractivity contribution in [2.24, 2.45) is 23.5 Å². The average molecular weight is 317 g/mol. The Labute approximate surface area is 134 Å². The third kappa shape index (κ3) is 3.54. The van der Waals surface area contributed by atoms with E-state index in [1.807, 2.05) is 0 Å². The van der Waals surface area contributed by atoms with Gasteiger partial charge in [-0.05, 0) is 56.3 Å². The van der Waals surface area contributed by atoms with E-state index in [1.165, 1.54) is 38.5 Å². The number of carbonyl (C=O) groups excluding carboxylic acids is 1. The lowest BCUT2D eigenvalue weighted by Gasteiger charge is -2.31. The summed E-state index contributed by atoms with van der Waals surface area (Å²) in [6.07, 6.45) is 9.26. The molecular formula is C16H29ClN2O2. The zero-order valence-corrected chi connectivity index (χ0v) is 13.8. The average Bonchev–Trinajstić information content (AvgIpc) is 3.14. The van der Waals surface area contributed by atoms with E-state index < -0.39 is 6.04 Å². The first-order chi connectivity index (χ1) is 9.69.